The third-order valence-corrected chi connectivity index (χ3v) is 5.24. The average molecular weight is 384 g/mol. The average Bonchev–Trinajstić information content (AvgIpc) is 2.97. The predicted octanol–water partition coefficient (Wildman–Crippen LogP) is 4.28. The zero-order chi connectivity index (χ0) is 19.6. The van der Waals surface area contributed by atoms with E-state index in [4.69, 9.17) is 0 Å². The lowest BCUT2D eigenvalue weighted by atomic mass is 10.1. The standard InChI is InChI=1S/C20H21FN4OS/c1-12-9-13(2)18(14(3)10-12)22-17(26)11-27-20-24-23-19(25(20)4)15-7-5-6-8-16(15)21/h5-10H,11H2,1-4H3,(H,22,26). The van der Waals surface area contributed by atoms with Gasteiger partial charge < -0.3 is 9.88 Å². The van der Waals surface area contributed by atoms with Gasteiger partial charge in [-0.15, -0.1) is 10.2 Å². The van der Waals surface area contributed by atoms with E-state index in [9.17, 15) is 9.18 Å². The number of anilines is 1. The van der Waals surface area contributed by atoms with Crippen LogP contribution in [0.5, 0.6) is 0 Å². The summed E-state index contributed by atoms with van der Waals surface area (Å²) in [6.45, 7) is 5.99. The summed E-state index contributed by atoms with van der Waals surface area (Å²) in [6.07, 6.45) is 0. The van der Waals surface area contributed by atoms with E-state index in [0.717, 1.165) is 22.4 Å². The third kappa shape index (κ3) is 4.19. The topological polar surface area (TPSA) is 59.8 Å². The molecule has 0 spiro atoms. The molecular formula is C20H21FN4OS. The van der Waals surface area contributed by atoms with Crippen molar-refractivity contribution in [1.29, 1.82) is 0 Å². The first-order valence-corrected chi connectivity index (χ1v) is 9.50. The Balaban J connectivity index is 1.69. The van der Waals surface area contributed by atoms with Gasteiger partial charge in [-0.25, -0.2) is 4.39 Å². The smallest absolute Gasteiger partial charge is 0.234 e. The molecule has 0 fully saturated rings. The summed E-state index contributed by atoms with van der Waals surface area (Å²) in [4.78, 5) is 12.4. The first-order chi connectivity index (χ1) is 12.9. The van der Waals surface area contributed by atoms with Crippen LogP contribution in [0.1, 0.15) is 16.7 Å². The number of hydrogen-bond acceptors (Lipinski definition) is 4. The number of halogens is 1. The van der Waals surface area contributed by atoms with E-state index < -0.39 is 0 Å². The van der Waals surface area contributed by atoms with Gasteiger partial charge in [-0.05, 0) is 44.0 Å². The number of amides is 1. The Bertz CT molecular complexity index is 976. The molecule has 0 unspecified atom stereocenters. The number of carbonyl (C=O) groups excluding carboxylic acids is 1. The second kappa shape index (κ2) is 7.92. The zero-order valence-corrected chi connectivity index (χ0v) is 16.5. The number of benzene rings is 2. The summed E-state index contributed by atoms with van der Waals surface area (Å²) in [5.41, 5.74) is 4.46. The highest BCUT2D eigenvalue weighted by molar-refractivity contribution is 7.99. The van der Waals surface area contributed by atoms with Crippen molar-refractivity contribution in [2.45, 2.75) is 25.9 Å². The fourth-order valence-corrected chi connectivity index (χ4v) is 3.71. The molecular weight excluding hydrogens is 363 g/mol. The maximum Gasteiger partial charge on any atom is 0.234 e. The summed E-state index contributed by atoms with van der Waals surface area (Å²) in [7, 11) is 1.76. The molecule has 3 aromatic rings. The Labute approximate surface area is 162 Å². The van der Waals surface area contributed by atoms with Gasteiger partial charge in [0.05, 0.1) is 11.3 Å². The van der Waals surface area contributed by atoms with Crippen LogP contribution < -0.4 is 5.32 Å². The van der Waals surface area contributed by atoms with Gasteiger partial charge in [-0.1, -0.05) is 41.6 Å². The molecule has 0 bridgehead atoms. The maximum atomic E-state index is 14.0. The van der Waals surface area contributed by atoms with Crippen molar-refractivity contribution in [3.05, 3.63) is 58.9 Å². The molecule has 0 saturated heterocycles. The molecule has 1 N–H and O–H groups in total. The van der Waals surface area contributed by atoms with Gasteiger partial charge in [0.25, 0.3) is 0 Å². The third-order valence-electron chi connectivity index (χ3n) is 4.22. The first kappa shape index (κ1) is 19.1. The van der Waals surface area contributed by atoms with Gasteiger partial charge >= 0.3 is 0 Å². The van der Waals surface area contributed by atoms with Crippen LogP contribution >= 0.6 is 11.8 Å². The van der Waals surface area contributed by atoms with Crippen molar-refractivity contribution in [3.8, 4) is 11.4 Å². The normalized spacial score (nSPS) is 10.9. The molecule has 0 aliphatic rings. The molecule has 0 radical (unpaired) electrons. The number of rotatable bonds is 5. The molecule has 1 heterocycles. The summed E-state index contributed by atoms with van der Waals surface area (Å²) in [6, 6.07) is 10.5. The molecule has 1 amide bonds. The van der Waals surface area contributed by atoms with E-state index in [-0.39, 0.29) is 17.5 Å². The van der Waals surface area contributed by atoms with Crippen molar-refractivity contribution in [2.75, 3.05) is 11.1 Å². The quantitative estimate of drug-likeness (QED) is 0.667. The Morgan fingerprint density at radius 2 is 1.81 bits per heavy atom. The number of thioether (sulfide) groups is 1. The van der Waals surface area contributed by atoms with Crippen LogP contribution in [-0.4, -0.2) is 26.4 Å². The highest BCUT2D eigenvalue weighted by Crippen LogP contribution is 2.26. The monoisotopic (exact) mass is 384 g/mol. The minimum atomic E-state index is -0.354. The lowest BCUT2D eigenvalue weighted by Crippen LogP contribution is -2.16. The van der Waals surface area contributed by atoms with Crippen LogP contribution in [0.15, 0.2) is 41.6 Å². The fraction of sp³-hybridized carbons (Fsp3) is 0.250. The molecule has 5 nitrogen and oxygen atoms in total. The van der Waals surface area contributed by atoms with Crippen molar-refractivity contribution >= 4 is 23.4 Å². The van der Waals surface area contributed by atoms with Gasteiger partial charge in [0.2, 0.25) is 5.91 Å². The van der Waals surface area contributed by atoms with Gasteiger partial charge in [0.1, 0.15) is 5.82 Å². The first-order valence-electron chi connectivity index (χ1n) is 8.51. The Hall–Kier alpha value is -2.67. The lowest BCUT2D eigenvalue weighted by molar-refractivity contribution is -0.113. The van der Waals surface area contributed by atoms with E-state index in [2.05, 4.69) is 15.5 Å². The number of nitrogens with one attached hydrogen (secondary N) is 1. The number of nitrogens with zero attached hydrogens (tertiary/aromatic N) is 3. The molecule has 2 aromatic carbocycles. The van der Waals surface area contributed by atoms with Crippen molar-refractivity contribution < 1.29 is 9.18 Å². The van der Waals surface area contributed by atoms with Gasteiger partial charge in [-0.3, -0.25) is 4.79 Å². The minimum Gasteiger partial charge on any atom is -0.325 e. The predicted molar refractivity (Wildman–Crippen MR) is 106 cm³/mol. The molecule has 0 atom stereocenters. The van der Waals surface area contributed by atoms with Gasteiger partial charge in [0.15, 0.2) is 11.0 Å². The van der Waals surface area contributed by atoms with E-state index in [1.165, 1.54) is 17.8 Å². The molecule has 7 heteroatoms. The van der Waals surface area contributed by atoms with Crippen LogP contribution in [0.4, 0.5) is 10.1 Å². The summed E-state index contributed by atoms with van der Waals surface area (Å²) < 4.78 is 15.7. The fourth-order valence-electron chi connectivity index (χ4n) is 3.00. The highest BCUT2D eigenvalue weighted by atomic mass is 32.2. The van der Waals surface area contributed by atoms with Crippen LogP contribution in [0, 0.1) is 26.6 Å². The Kier molecular flexibility index (Phi) is 5.60. The number of hydrogen-bond donors (Lipinski definition) is 1. The van der Waals surface area contributed by atoms with Crippen molar-refractivity contribution in [3.63, 3.8) is 0 Å². The molecule has 1 aromatic heterocycles. The molecule has 3 rings (SSSR count). The second-order valence-corrected chi connectivity index (χ2v) is 7.40. The molecule has 140 valence electrons. The van der Waals surface area contributed by atoms with Crippen LogP contribution in [0.2, 0.25) is 0 Å². The van der Waals surface area contributed by atoms with Gasteiger partial charge in [-0.2, -0.15) is 0 Å². The summed E-state index contributed by atoms with van der Waals surface area (Å²) in [5.74, 6) is 0.148. The van der Waals surface area contributed by atoms with Crippen molar-refractivity contribution in [1.82, 2.24) is 14.8 Å². The Morgan fingerprint density at radius 3 is 2.48 bits per heavy atom. The number of aromatic nitrogens is 3. The maximum absolute atomic E-state index is 14.0. The van der Waals surface area contributed by atoms with Crippen LogP contribution in [0.25, 0.3) is 11.4 Å². The second-order valence-electron chi connectivity index (χ2n) is 6.46. The molecule has 0 saturated carbocycles. The van der Waals surface area contributed by atoms with E-state index in [1.54, 1.807) is 29.8 Å². The molecule has 0 aliphatic heterocycles. The number of carbonyl (C=O) groups is 1. The van der Waals surface area contributed by atoms with E-state index in [1.807, 2.05) is 32.9 Å². The highest BCUT2D eigenvalue weighted by Gasteiger charge is 2.16. The lowest BCUT2D eigenvalue weighted by Gasteiger charge is -2.12. The van der Waals surface area contributed by atoms with Crippen LogP contribution in [-0.2, 0) is 11.8 Å². The van der Waals surface area contributed by atoms with Crippen molar-refractivity contribution in [2.24, 2.45) is 7.05 Å². The van der Waals surface area contributed by atoms with Gasteiger partial charge in [0, 0.05) is 12.7 Å². The van der Waals surface area contributed by atoms with Crippen LogP contribution in [0.3, 0.4) is 0 Å². The molecule has 27 heavy (non-hydrogen) atoms. The summed E-state index contributed by atoms with van der Waals surface area (Å²) in [5, 5.41) is 11.7. The molecule has 0 aliphatic carbocycles. The van der Waals surface area contributed by atoms with E-state index >= 15 is 0 Å². The minimum absolute atomic E-state index is 0.120. The number of aryl methyl sites for hydroxylation is 3. The SMILES string of the molecule is Cc1cc(C)c(NC(=O)CSc2nnc(-c3ccccc3F)n2C)c(C)c1. The largest absolute Gasteiger partial charge is 0.325 e. The van der Waals surface area contributed by atoms with E-state index in [0.29, 0.717) is 16.5 Å². The zero-order valence-electron chi connectivity index (χ0n) is 15.7. The summed E-state index contributed by atoms with van der Waals surface area (Å²) >= 11 is 1.27. The Morgan fingerprint density at radius 1 is 1.15 bits per heavy atom.